The lowest BCUT2D eigenvalue weighted by Crippen LogP contribution is -2.29. The van der Waals surface area contributed by atoms with Gasteiger partial charge in [-0.05, 0) is 60.9 Å². The minimum atomic E-state index is -0.462. The summed E-state index contributed by atoms with van der Waals surface area (Å²) in [7, 11) is 0. The zero-order valence-corrected chi connectivity index (χ0v) is 16.5. The number of carbonyl (C=O) groups excluding carboxylic acids is 1. The van der Waals surface area contributed by atoms with Crippen LogP contribution < -0.4 is 0 Å². The molecule has 2 heterocycles. The quantitative estimate of drug-likeness (QED) is 0.335. The summed E-state index contributed by atoms with van der Waals surface area (Å²) in [5.41, 5.74) is 1.49. The standard InChI is InChI=1S/C21H17ClN4O4/c22-16-8-6-15(7-9-16)20-23-21(30-24-20)18-2-1-13-25(18)19(27)12-5-14-3-10-17(11-4-14)26(28)29/h3-12,18H,1-2,13H2. The third kappa shape index (κ3) is 4.23. The predicted molar refractivity (Wildman–Crippen MR) is 111 cm³/mol. The van der Waals surface area contributed by atoms with Gasteiger partial charge in [0, 0.05) is 35.3 Å². The van der Waals surface area contributed by atoms with Crippen LogP contribution in [0.15, 0.2) is 59.1 Å². The highest BCUT2D eigenvalue weighted by atomic mass is 35.5. The van der Waals surface area contributed by atoms with Crippen LogP contribution in [0.3, 0.4) is 0 Å². The maximum Gasteiger partial charge on any atom is 0.269 e. The molecule has 4 rings (SSSR count). The predicted octanol–water partition coefficient (Wildman–Crippen LogP) is 4.68. The Morgan fingerprint density at radius 1 is 1.20 bits per heavy atom. The summed E-state index contributed by atoms with van der Waals surface area (Å²) < 4.78 is 5.44. The number of hydrogen-bond acceptors (Lipinski definition) is 6. The van der Waals surface area contributed by atoms with E-state index in [0.29, 0.717) is 28.8 Å². The first kappa shape index (κ1) is 19.8. The Hall–Kier alpha value is -3.52. The summed E-state index contributed by atoms with van der Waals surface area (Å²) in [5, 5.41) is 15.4. The van der Waals surface area contributed by atoms with Crippen molar-refractivity contribution in [2.75, 3.05) is 6.54 Å². The molecule has 9 heteroatoms. The maximum absolute atomic E-state index is 12.7. The van der Waals surface area contributed by atoms with Gasteiger partial charge in [-0.3, -0.25) is 14.9 Å². The molecule has 3 aromatic rings. The van der Waals surface area contributed by atoms with E-state index in [2.05, 4.69) is 10.1 Å². The van der Waals surface area contributed by atoms with Crippen LogP contribution in [-0.4, -0.2) is 32.4 Å². The Bertz CT molecular complexity index is 1090. The van der Waals surface area contributed by atoms with Crippen LogP contribution in [0.1, 0.15) is 30.3 Å². The summed E-state index contributed by atoms with van der Waals surface area (Å²) in [6, 6.07) is 12.8. The van der Waals surface area contributed by atoms with E-state index in [0.717, 1.165) is 18.4 Å². The van der Waals surface area contributed by atoms with Crippen molar-refractivity contribution >= 4 is 29.3 Å². The van der Waals surface area contributed by atoms with Gasteiger partial charge in [0.05, 0.1) is 4.92 Å². The molecule has 2 aromatic carbocycles. The van der Waals surface area contributed by atoms with E-state index in [1.165, 1.54) is 18.2 Å². The molecule has 0 saturated carbocycles. The molecule has 1 unspecified atom stereocenters. The Morgan fingerprint density at radius 2 is 1.93 bits per heavy atom. The van der Waals surface area contributed by atoms with Gasteiger partial charge in [0.15, 0.2) is 0 Å². The molecular formula is C21H17ClN4O4. The van der Waals surface area contributed by atoms with E-state index in [4.69, 9.17) is 16.1 Å². The number of benzene rings is 2. The van der Waals surface area contributed by atoms with Crippen LogP contribution in [0.25, 0.3) is 17.5 Å². The molecule has 1 amide bonds. The van der Waals surface area contributed by atoms with E-state index < -0.39 is 4.92 Å². The number of non-ortho nitro benzene ring substituents is 1. The topological polar surface area (TPSA) is 102 Å². The second-order valence-corrected chi connectivity index (χ2v) is 7.27. The molecule has 0 aliphatic carbocycles. The summed E-state index contributed by atoms with van der Waals surface area (Å²) in [5.74, 6) is 0.666. The fraction of sp³-hybridized carbons (Fsp3) is 0.190. The van der Waals surface area contributed by atoms with Crippen molar-refractivity contribution in [1.82, 2.24) is 15.0 Å². The summed E-state index contributed by atoms with van der Waals surface area (Å²) in [6.07, 6.45) is 4.66. The second-order valence-electron chi connectivity index (χ2n) is 6.83. The summed E-state index contributed by atoms with van der Waals surface area (Å²) in [4.78, 5) is 29.1. The third-order valence-corrected chi connectivity index (χ3v) is 5.14. The molecule has 0 N–H and O–H groups in total. The average Bonchev–Trinajstić information content (AvgIpc) is 3.42. The maximum atomic E-state index is 12.7. The van der Waals surface area contributed by atoms with E-state index in [1.54, 1.807) is 35.2 Å². The van der Waals surface area contributed by atoms with Gasteiger partial charge in [-0.1, -0.05) is 16.8 Å². The first-order chi connectivity index (χ1) is 14.5. The highest BCUT2D eigenvalue weighted by Gasteiger charge is 2.33. The van der Waals surface area contributed by atoms with E-state index >= 15 is 0 Å². The van der Waals surface area contributed by atoms with Crippen molar-refractivity contribution < 1.29 is 14.2 Å². The number of nitro groups is 1. The lowest BCUT2D eigenvalue weighted by Gasteiger charge is -2.20. The van der Waals surface area contributed by atoms with Gasteiger partial charge in [0.2, 0.25) is 17.6 Å². The first-order valence-electron chi connectivity index (χ1n) is 9.34. The van der Waals surface area contributed by atoms with Crippen molar-refractivity contribution in [3.8, 4) is 11.4 Å². The largest absolute Gasteiger partial charge is 0.337 e. The van der Waals surface area contributed by atoms with E-state index in [9.17, 15) is 14.9 Å². The number of amides is 1. The van der Waals surface area contributed by atoms with Gasteiger partial charge in [-0.25, -0.2) is 0 Å². The van der Waals surface area contributed by atoms with Crippen molar-refractivity contribution in [3.05, 3.63) is 81.2 Å². The molecule has 0 spiro atoms. The number of carbonyl (C=O) groups is 1. The molecule has 1 atom stereocenters. The molecule has 0 radical (unpaired) electrons. The van der Waals surface area contributed by atoms with Gasteiger partial charge in [-0.15, -0.1) is 0 Å². The van der Waals surface area contributed by atoms with Crippen LogP contribution in [0.2, 0.25) is 5.02 Å². The minimum absolute atomic E-state index is 0.00553. The molecule has 1 aliphatic rings. The molecule has 1 aromatic heterocycles. The van der Waals surface area contributed by atoms with Gasteiger partial charge >= 0.3 is 0 Å². The van der Waals surface area contributed by atoms with Crippen molar-refractivity contribution in [2.45, 2.75) is 18.9 Å². The minimum Gasteiger partial charge on any atom is -0.337 e. The SMILES string of the molecule is O=C(C=Cc1ccc([N+](=O)[O-])cc1)N1CCCC1c1nc(-c2ccc(Cl)cc2)no1. The molecule has 152 valence electrons. The lowest BCUT2D eigenvalue weighted by atomic mass is 10.2. The number of nitrogens with zero attached hydrogens (tertiary/aromatic N) is 4. The molecular weight excluding hydrogens is 408 g/mol. The number of rotatable bonds is 5. The van der Waals surface area contributed by atoms with Gasteiger partial charge in [0.1, 0.15) is 6.04 Å². The Kier molecular flexibility index (Phi) is 5.58. The molecule has 8 nitrogen and oxygen atoms in total. The summed E-state index contributed by atoms with van der Waals surface area (Å²) in [6.45, 7) is 0.590. The van der Waals surface area contributed by atoms with Crippen molar-refractivity contribution in [1.29, 1.82) is 0 Å². The zero-order chi connectivity index (χ0) is 21.1. The number of nitro benzene ring substituents is 1. The molecule has 1 saturated heterocycles. The van der Waals surface area contributed by atoms with Crippen LogP contribution in [0, 0.1) is 10.1 Å². The Labute approximate surface area is 176 Å². The number of hydrogen-bond donors (Lipinski definition) is 0. The molecule has 1 aliphatic heterocycles. The molecule has 30 heavy (non-hydrogen) atoms. The molecule has 1 fully saturated rings. The van der Waals surface area contributed by atoms with Crippen molar-refractivity contribution in [3.63, 3.8) is 0 Å². The average molecular weight is 425 g/mol. The fourth-order valence-corrected chi connectivity index (χ4v) is 3.47. The highest BCUT2D eigenvalue weighted by molar-refractivity contribution is 6.30. The lowest BCUT2D eigenvalue weighted by molar-refractivity contribution is -0.384. The Balaban J connectivity index is 1.47. The molecule has 0 bridgehead atoms. The van der Waals surface area contributed by atoms with Gasteiger partial charge < -0.3 is 9.42 Å². The number of halogens is 1. The van der Waals surface area contributed by atoms with Crippen molar-refractivity contribution in [2.24, 2.45) is 0 Å². The van der Waals surface area contributed by atoms with E-state index in [1.807, 2.05) is 12.1 Å². The highest BCUT2D eigenvalue weighted by Crippen LogP contribution is 2.32. The monoisotopic (exact) mass is 424 g/mol. The summed E-state index contributed by atoms with van der Waals surface area (Å²) >= 11 is 5.91. The smallest absolute Gasteiger partial charge is 0.269 e. The van der Waals surface area contributed by atoms with E-state index in [-0.39, 0.29) is 17.6 Å². The zero-order valence-electron chi connectivity index (χ0n) is 15.8. The third-order valence-electron chi connectivity index (χ3n) is 4.89. The fourth-order valence-electron chi connectivity index (χ4n) is 3.34. The number of likely N-dealkylation sites (tertiary alicyclic amines) is 1. The number of aromatic nitrogens is 2. The second kappa shape index (κ2) is 8.46. The first-order valence-corrected chi connectivity index (χ1v) is 9.72. The normalized spacial score (nSPS) is 16.3. The van der Waals surface area contributed by atoms with Crippen LogP contribution in [-0.2, 0) is 4.79 Å². The van der Waals surface area contributed by atoms with Crippen LogP contribution in [0.5, 0.6) is 0 Å². The van der Waals surface area contributed by atoms with Crippen LogP contribution >= 0.6 is 11.6 Å². The Morgan fingerprint density at radius 3 is 2.63 bits per heavy atom. The van der Waals surface area contributed by atoms with Gasteiger partial charge in [-0.2, -0.15) is 4.98 Å². The van der Waals surface area contributed by atoms with Gasteiger partial charge in [0.25, 0.3) is 5.69 Å². The van der Waals surface area contributed by atoms with Crippen LogP contribution in [0.4, 0.5) is 5.69 Å².